The number of nitrogens with zero attached hydrogens (tertiary/aromatic N) is 2. The summed E-state index contributed by atoms with van der Waals surface area (Å²) in [4.78, 5) is 26.9. The third-order valence-electron chi connectivity index (χ3n) is 2.99. The summed E-state index contributed by atoms with van der Waals surface area (Å²) < 4.78 is 10.4. The summed E-state index contributed by atoms with van der Waals surface area (Å²) in [6.45, 7) is 2.03. The van der Waals surface area contributed by atoms with Gasteiger partial charge in [0.25, 0.3) is 11.6 Å². The fraction of sp³-hybridized carbons (Fsp3) is 0.200. The Labute approximate surface area is 142 Å². The number of carbonyl (C=O) groups excluding carboxylic acids is 1. The van der Waals surface area contributed by atoms with E-state index in [-0.39, 0.29) is 22.9 Å². The maximum atomic E-state index is 12.4. The minimum atomic E-state index is -0.696. The highest BCUT2D eigenvalue weighted by atomic mass is 35.5. The molecular weight excluding hydrogens is 338 g/mol. The van der Waals surface area contributed by atoms with Gasteiger partial charge >= 0.3 is 0 Å². The Bertz CT molecular complexity index is 764. The van der Waals surface area contributed by atoms with Crippen LogP contribution in [-0.4, -0.2) is 29.5 Å². The lowest BCUT2D eigenvalue weighted by molar-refractivity contribution is -0.385. The molecule has 126 valence electrons. The average molecular weight is 352 g/mol. The molecule has 0 radical (unpaired) electrons. The van der Waals surface area contributed by atoms with E-state index < -0.39 is 16.5 Å². The predicted octanol–water partition coefficient (Wildman–Crippen LogP) is 3.30. The van der Waals surface area contributed by atoms with E-state index in [1.807, 2.05) is 0 Å². The first-order chi connectivity index (χ1) is 11.5. The molecule has 0 spiro atoms. The molecule has 0 fully saturated rings. The van der Waals surface area contributed by atoms with Gasteiger partial charge in [0.05, 0.1) is 29.7 Å². The number of amides is 1. The molecular formula is C15H14ClN3O5. The topological polar surface area (TPSA) is 104 Å². The van der Waals surface area contributed by atoms with Crippen LogP contribution in [0, 0.1) is 10.1 Å². The first-order valence-electron chi connectivity index (χ1n) is 6.88. The second-order valence-electron chi connectivity index (χ2n) is 4.53. The molecule has 0 aliphatic rings. The molecule has 1 heterocycles. The Morgan fingerprint density at radius 3 is 2.67 bits per heavy atom. The highest BCUT2D eigenvalue weighted by Crippen LogP contribution is 2.35. The Kier molecular flexibility index (Phi) is 5.54. The number of carbonyl (C=O) groups is 1. The third-order valence-corrected chi connectivity index (χ3v) is 3.22. The molecule has 2 aromatic rings. The zero-order chi connectivity index (χ0) is 17.7. The number of pyridine rings is 1. The maximum absolute atomic E-state index is 12.4. The molecule has 9 heteroatoms. The lowest BCUT2D eigenvalue weighted by Gasteiger charge is -2.11. The van der Waals surface area contributed by atoms with Crippen molar-refractivity contribution < 1.29 is 19.2 Å². The van der Waals surface area contributed by atoms with E-state index in [1.165, 1.54) is 31.5 Å². The van der Waals surface area contributed by atoms with Gasteiger partial charge in [0.1, 0.15) is 11.4 Å². The van der Waals surface area contributed by atoms with Crippen molar-refractivity contribution in [1.29, 1.82) is 0 Å². The van der Waals surface area contributed by atoms with Crippen molar-refractivity contribution in [3.05, 3.63) is 51.2 Å². The van der Waals surface area contributed by atoms with E-state index in [0.717, 1.165) is 6.07 Å². The summed E-state index contributed by atoms with van der Waals surface area (Å²) in [6, 6.07) is 5.44. The summed E-state index contributed by atoms with van der Waals surface area (Å²) in [5, 5.41) is 14.2. The number of benzene rings is 1. The smallest absolute Gasteiger partial charge is 0.286 e. The van der Waals surface area contributed by atoms with Crippen LogP contribution in [0.1, 0.15) is 17.3 Å². The zero-order valence-corrected chi connectivity index (χ0v) is 13.7. The van der Waals surface area contributed by atoms with Gasteiger partial charge in [0.2, 0.25) is 0 Å². The van der Waals surface area contributed by atoms with Crippen molar-refractivity contribution in [3.63, 3.8) is 0 Å². The highest BCUT2D eigenvalue weighted by Gasteiger charge is 2.25. The molecule has 0 atom stereocenters. The molecule has 0 saturated heterocycles. The van der Waals surface area contributed by atoms with Crippen LogP contribution in [0.3, 0.4) is 0 Å². The van der Waals surface area contributed by atoms with E-state index in [1.54, 1.807) is 6.92 Å². The number of halogens is 1. The van der Waals surface area contributed by atoms with E-state index in [0.29, 0.717) is 11.6 Å². The van der Waals surface area contributed by atoms with Crippen LogP contribution in [0.15, 0.2) is 30.5 Å². The van der Waals surface area contributed by atoms with Crippen LogP contribution in [0.5, 0.6) is 11.5 Å². The molecule has 0 aliphatic carbocycles. The Morgan fingerprint density at radius 2 is 2.12 bits per heavy atom. The summed E-state index contributed by atoms with van der Waals surface area (Å²) in [5.41, 5.74) is -0.567. The van der Waals surface area contributed by atoms with E-state index in [4.69, 9.17) is 21.1 Å². The largest absolute Gasteiger partial charge is 0.493 e. The van der Waals surface area contributed by atoms with Gasteiger partial charge < -0.3 is 14.8 Å². The lowest BCUT2D eigenvalue weighted by atomic mass is 10.1. The quantitative estimate of drug-likeness (QED) is 0.632. The van der Waals surface area contributed by atoms with Gasteiger partial charge in [-0.3, -0.25) is 14.9 Å². The molecule has 1 aromatic carbocycles. The molecule has 1 amide bonds. The van der Waals surface area contributed by atoms with Gasteiger partial charge in [0.15, 0.2) is 11.5 Å². The van der Waals surface area contributed by atoms with Crippen LogP contribution in [-0.2, 0) is 0 Å². The van der Waals surface area contributed by atoms with E-state index in [9.17, 15) is 14.9 Å². The molecule has 0 unspecified atom stereocenters. The number of rotatable bonds is 6. The molecule has 0 saturated carbocycles. The summed E-state index contributed by atoms with van der Waals surface area (Å²) >= 11 is 5.72. The lowest BCUT2D eigenvalue weighted by Crippen LogP contribution is -2.15. The molecule has 2 rings (SSSR count). The number of hydrogen-bond acceptors (Lipinski definition) is 6. The Hall–Kier alpha value is -2.87. The molecule has 1 aromatic heterocycles. The summed E-state index contributed by atoms with van der Waals surface area (Å²) in [6.07, 6.45) is 1.35. The number of nitro groups is 1. The van der Waals surface area contributed by atoms with Crippen molar-refractivity contribution in [2.75, 3.05) is 19.0 Å². The molecule has 1 N–H and O–H groups in total. The molecule has 0 aliphatic heterocycles. The number of methoxy groups -OCH3 is 1. The fourth-order valence-electron chi connectivity index (χ4n) is 1.94. The molecule has 0 bridgehead atoms. The standard InChI is InChI=1S/C15H14ClN3O5/c1-3-24-13-7-11(19(21)22)10(6-12(13)23-2)15(20)18-14-5-4-9(16)8-17-14/h4-8H,3H2,1-2H3,(H,17,18,20). The van der Waals surface area contributed by atoms with Crippen LogP contribution in [0.25, 0.3) is 0 Å². The van der Waals surface area contributed by atoms with Gasteiger partial charge in [-0.25, -0.2) is 4.98 Å². The van der Waals surface area contributed by atoms with Crippen molar-refractivity contribution in [3.8, 4) is 11.5 Å². The molecule has 24 heavy (non-hydrogen) atoms. The minimum absolute atomic E-state index is 0.169. The number of nitrogens with one attached hydrogen (secondary N) is 1. The van der Waals surface area contributed by atoms with Gasteiger partial charge in [-0.05, 0) is 19.1 Å². The second kappa shape index (κ2) is 7.60. The number of nitro benzene ring substituents is 1. The van der Waals surface area contributed by atoms with Crippen LogP contribution < -0.4 is 14.8 Å². The number of aromatic nitrogens is 1. The van der Waals surface area contributed by atoms with Crippen LogP contribution in [0.2, 0.25) is 5.02 Å². The van der Waals surface area contributed by atoms with E-state index >= 15 is 0 Å². The normalized spacial score (nSPS) is 10.1. The maximum Gasteiger partial charge on any atom is 0.286 e. The number of ether oxygens (including phenoxy) is 2. The predicted molar refractivity (Wildman–Crippen MR) is 88.0 cm³/mol. The van der Waals surface area contributed by atoms with Gasteiger partial charge in [-0.1, -0.05) is 11.6 Å². The second-order valence-corrected chi connectivity index (χ2v) is 4.96. The molecule has 8 nitrogen and oxygen atoms in total. The van der Waals surface area contributed by atoms with E-state index in [2.05, 4.69) is 10.3 Å². The van der Waals surface area contributed by atoms with Crippen molar-refractivity contribution in [2.45, 2.75) is 6.92 Å². The van der Waals surface area contributed by atoms with Gasteiger partial charge in [-0.15, -0.1) is 0 Å². The van der Waals surface area contributed by atoms with Crippen LogP contribution >= 0.6 is 11.6 Å². The minimum Gasteiger partial charge on any atom is -0.493 e. The van der Waals surface area contributed by atoms with Crippen molar-refractivity contribution >= 4 is 29.0 Å². The fourth-order valence-corrected chi connectivity index (χ4v) is 2.06. The van der Waals surface area contributed by atoms with Gasteiger partial charge in [0, 0.05) is 12.3 Å². The van der Waals surface area contributed by atoms with Crippen molar-refractivity contribution in [2.24, 2.45) is 0 Å². The van der Waals surface area contributed by atoms with Crippen molar-refractivity contribution in [1.82, 2.24) is 4.98 Å². The monoisotopic (exact) mass is 351 g/mol. The van der Waals surface area contributed by atoms with Crippen LogP contribution in [0.4, 0.5) is 11.5 Å². The number of anilines is 1. The zero-order valence-electron chi connectivity index (χ0n) is 12.9. The van der Waals surface area contributed by atoms with Gasteiger partial charge in [-0.2, -0.15) is 0 Å². The summed E-state index contributed by atoms with van der Waals surface area (Å²) in [7, 11) is 1.38. The Balaban J connectivity index is 2.41. The SMILES string of the molecule is CCOc1cc([N+](=O)[O-])c(C(=O)Nc2ccc(Cl)cn2)cc1OC. The highest BCUT2D eigenvalue weighted by molar-refractivity contribution is 6.30. The Morgan fingerprint density at radius 1 is 1.38 bits per heavy atom. The third kappa shape index (κ3) is 3.90. The first kappa shape index (κ1) is 17.5. The summed E-state index contributed by atoms with van der Waals surface area (Å²) in [5.74, 6) is -0.0750. The average Bonchev–Trinajstić information content (AvgIpc) is 2.56. The number of hydrogen-bond donors (Lipinski definition) is 1. The first-order valence-corrected chi connectivity index (χ1v) is 7.26.